The van der Waals surface area contributed by atoms with Crippen molar-refractivity contribution >= 4 is 16.7 Å². The van der Waals surface area contributed by atoms with Crippen molar-refractivity contribution in [1.29, 1.82) is 0 Å². The van der Waals surface area contributed by atoms with Crippen molar-refractivity contribution in [2.75, 3.05) is 13.7 Å². The summed E-state index contributed by atoms with van der Waals surface area (Å²) < 4.78 is 11.4. The van der Waals surface area contributed by atoms with E-state index in [1.807, 2.05) is 12.1 Å². The zero-order chi connectivity index (χ0) is 18.1. The number of fused-ring (bicyclic) bond motifs is 1. The number of benzene rings is 2. The van der Waals surface area contributed by atoms with E-state index in [-0.39, 0.29) is 18.1 Å². The molecule has 2 aliphatic rings. The van der Waals surface area contributed by atoms with Crippen LogP contribution in [0.4, 0.5) is 0 Å². The van der Waals surface area contributed by atoms with Crippen molar-refractivity contribution in [3.63, 3.8) is 0 Å². The van der Waals surface area contributed by atoms with Crippen molar-refractivity contribution < 1.29 is 14.3 Å². The zero-order valence-corrected chi connectivity index (χ0v) is 15.6. The van der Waals surface area contributed by atoms with Gasteiger partial charge in [0.2, 0.25) is 0 Å². The first kappa shape index (κ1) is 17.3. The van der Waals surface area contributed by atoms with Gasteiger partial charge in [0.1, 0.15) is 11.9 Å². The van der Waals surface area contributed by atoms with Crippen LogP contribution in [0.25, 0.3) is 10.8 Å². The summed E-state index contributed by atoms with van der Waals surface area (Å²) in [6.07, 6.45) is 4.89. The van der Waals surface area contributed by atoms with Crippen LogP contribution in [-0.2, 0) is 9.53 Å². The van der Waals surface area contributed by atoms with Crippen LogP contribution in [0.5, 0.6) is 5.75 Å². The van der Waals surface area contributed by atoms with Crippen LogP contribution in [0.3, 0.4) is 0 Å². The molecule has 4 heteroatoms. The summed E-state index contributed by atoms with van der Waals surface area (Å²) in [5.74, 6) is 1.02. The van der Waals surface area contributed by atoms with Crippen molar-refractivity contribution in [3.05, 3.63) is 42.0 Å². The third kappa shape index (κ3) is 3.30. The number of hydrogen-bond acceptors (Lipinski definition) is 3. The van der Waals surface area contributed by atoms with Crippen LogP contribution in [0.1, 0.15) is 50.6 Å². The molecule has 4 nitrogen and oxygen atoms in total. The van der Waals surface area contributed by atoms with Gasteiger partial charge in [-0.3, -0.25) is 4.79 Å². The van der Waals surface area contributed by atoms with Crippen molar-refractivity contribution in [2.24, 2.45) is 0 Å². The lowest BCUT2D eigenvalue weighted by atomic mass is 9.99. The summed E-state index contributed by atoms with van der Waals surface area (Å²) in [7, 11) is 1.70. The molecule has 0 spiro atoms. The second kappa shape index (κ2) is 7.28. The number of hydrogen-bond donors (Lipinski definition) is 0. The molecule has 2 atom stereocenters. The molecule has 1 amide bonds. The second-order valence-electron chi connectivity index (χ2n) is 7.45. The highest BCUT2D eigenvalue weighted by molar-refractivity contribution is 5.89. The summed E-state index contributed by atoms with van der Waals surface area (Å²) in [6, 6.07) is 12.9. The third-order valence-corrected chi connectivity index (χ3v) is 5.62. The van der Waals surface area contributed by atoms with E-state index < -0.39 is 0 Å². The third-order valence-electron chi connectivity index (χ3n) is 5.62. The average Bonchev–Trinajstić information content (AvgIpc) is 3.52. The van der Waals surface area contributed by atoms with Gasteiger partial charge in [0.05, 0.1) is 13.2 Å². The minimum atomic E-state index is -0.269. The van der Waals surface area contributed by atoms with Gasteiger partial charge in [-0.1, -0.05) is 24.3 Å². The Balaban J connectivity index is 1.66. The summed E-state index contributed by atoms with van der Waals surface area (Å²) >= 11 is 0. The van der Waals surface area contributed by atoms with Crippen LogP contribution >= 0.6 is 0 Å². The van der Waals surface area contributed by atoms with E-state index in [2.05, 4.69) is 36.1 Å². The molecule has 2 aromatic carbocycles. The van der Waals surface area contributed by atoms with E-state index in [9.17, 15) is 4.79 Å². The Morgan fingerprint density at radius 3 is 2.69 bits per heavy atom. The fourth-order valence-electron chi connectivity index (χ4n) is 4.01. The minimum absolute atomic E-state index is 0.0130. The zero-order valence-electron chi connectivity index (χ0n) is 15.6. The lowest BCUT2D eigenvalue weighted by molar-refractivity contribution is -0.149. The monoisotopic (exact) mass is 353 g/mol. The minimum Gasteiger partial charge on any atom is -0.496 e. The molecule has 1 heterocycles. The molecule has 1 saturated carbocycles. The molecule has 0 N–H and O–H groups in total. The summed E-state index contributed by atoms with van der Waals surface area (Å²) in [6.45, 7) is 2.83. The Morgan fingerprint density at radius 1 is 1.19 bits per heavy atom. The number of ether oxygens (including phenoxy) is 2. The lowest BCUT2D eigenvalue weighted by Gasteiger charge is -2.34. The van der Waals surface area contributed by atoms with E-state index in [1.54, 1.807) is 7.11 Å². The number of amides is 1. The first-order valence-corrected chi connectivity index (χ1v) is 9.69. The van der Waals surface area contributed by atoms with Crippen LogP contribution in [-0.4, -0.2) is 36.7 Å². The lowest BCUT2D eigenvalue weighted by Crippen LogP contribution is -2.44. The standard InChI is InChI=1S/C22H27NO3/c1-15(17-13-16-7-3-4-8-19(16)21(14-17)25-2)23(18-10-11-18)22(24)20-9-5-6-12-26-20/h3-4,7-8,13-15,18,20H,5-6,9-12H2,1-2H3/t15-,20+/m0/s1. The maximum Gasteiger partial charge on any atom is 0.252 e. The predicted octanol–water partition coefficient (Wildman–Crippen LogP) is 4.47. The number of rotatable bonds is 5. The van der Waals surface area contributed by atoms with Gasteiger partial charge < -0.3 is 14.4 Å². The van der Waals surface area contributed by atoms with Gasteiger partial charge in [0.15, 0.2) is 0 Å². The molecular weight excluding hydrogens is 326 g/mol. The van der Waals surface area contributed by atoms with Gasteiger partial charge in [0.25, 0.3) is 5.91 Å². The summed E-state index contributed by atoms with van der Waals surface area (Å²) in [5.41, 5.74) is 1.12. The fourth-order valence-corrected chi connectivity index (χ4v) is 4.01. The van der Waals surface area contributed by atoms with Crippen molar-refractivity contribution in [3.8, 4) is 5.75 Å². The maximum atomic E-state index is 13.2. The van der Waals surface area contributed by atoms with E-state index in [4.69, 9.17) is 9.47 Å². The normalized spacial score (nSPS) is 21.4. The van der Waals surface area contributed by atoms with Crippen LogP contribution in [0.15, 0.2) is 36.4 Å². The Bertz CT molecular complexity index is 793. The number of methoxy groups -OCH3 is 1. The molecule has 2 fully saturated rings. The molecule has 0 bridgehead atoms. The molecular formula is C22H27NO3. The van der Waals surface area contributed by atoms with Crippen molar-refractivity contribution in [1.82, 2.24) is 4.90 Å². The molecule has 1 aliphatic carbocycles. The topological polar surface area (TPSA) is 38.8 Å². The van der Waals surface area contributed by atoms with Gasteiger partial charge in [0, 0.05) is 18.0 Å². The Labute approximate surface area is 155 Å². The van der Waals surface area contributed by atoms with E-state index in [0.717, 1.165) is 54.2 Å². The highest BCUT2D eigenvalue weighted by Gasteiger charge is 2.40. The van der Waals surface area contributed by atoms with Crippen molar-refractivity contribution in [2.45, 2.75) is 57.2 Å². The van der Waals surface area contributed by atoms with Gasteiger partial charge >= 0.3 is 0 Å². The molecule has 4 rings (SSSR count). The second-order valence-corrected chi connectivity index (χ2v) is 7.45. The van der Waals surface area contributed by atoms with Gasteiger partial charge in [-0.05, 0) is 62.1 Å². The van der Waals surface area contributed by atoms with Gasteiger partial charge in [-0.15, -0.1) is 0 Å². The molecule has 1 saturated heterocycles. The molecule has 0 unspecified atom stereocenters. The number of carbonyl (C=O) groups is 1. The van der Waals surface area contributed by atoms with E-state index in [0.29, 0.717) is 12.6 Å². The van der Waals surface area contributed by atoms with Gasteiger partial charge in [-0.25, -0.2) is 0 Å². The van der Waals surface area contributed by atoms with E-state index in [1.165, 1.54) is 0 Å². The molecule has 2 aromatic rings. The quantitative estimate of drug-likeness (QED) is 0.796. The van der Waals surface area contributed by atoms with E-state index >= 15 is 0 Å². The predicted molar refractivity (Wildman–Crippen MR) is 102 cm³/mol. The highest BCUT2D eigenvalue weighted by Crippen LogP contribution is 2.38. The van der Waals surface area contributed by atoms with Crippen LogP contribution < -0.4 is 4.74 Å². The van der Waals surface area contributed by atoms with Gasteiger partial charge in [-0.2, -0.15) is 0 Å². The first-order chi connectivity index (χ1) is 12.7. The average molecular weight is 353 g/mol. The molecule has 0 aromatic heterocycles. The molecule has 1 aliphatic heterocycles. The van der Waals surface area contributed by atoms with Crippen LogP contribution in [0.2, 0.25) is 0 Å². The smallest absolute Gasteiger partial charge is 0.252 e. The summed E-state index contributed by atoms with van der Waals surface area (Å²) in [5, 5.41) is 2.25. The summed E-state index contributed by atoms with van der Waals surface area (Å²) in [4.78, 5) is 15.3. The highest BCUT2D eigenvalue weighted by atomic mass is 16.5. The molecule has 0 radical (unpaired) electrons. The number of carbonyl (C=O) groups excluding carboxylic acids is 1. The maximum absolute atomic E-state index is 13.2. The first-order valence-electron chi connectivity index (χ1n) is 9.69. The Morgan fingerprint density at radius 2 is 2.00 bits per heavy atom. The Hall–Kier alpha value is -2.07. The largest absolute Gasteiger partial charge is 0.496 e. The number of nitrogens with zero attached hydrogens (tertiary/aromatic N) is 1. The molecule has 26 heavy (non-hydrogen) atoms. The Kier molecular flexibility index (Phi) is 4.86. The SMILES string of the molecule is COc1cc([C@H](C)N(C(=O)[C@H]2CCCCO2)C2CC2)cc2ccccc12. The van der Waals surface area contributed by atoms with Crippen LogP contribution in [0, 0.1) is 0 Å². The molecule has 138 valence electrons. The fraction of sp³-hybridized carbons (Fsp3) is 0.500.